The van der Waals surface area contributed by atoms with Gasteiger partial charge in [0.15, 0.2) is 0 Å². The monoisotopic (exact) mass is 262 g/mol. The minimum atomic E-state index is -0.840. The molecule has 1 aromatic heterocycles. The van der Waals surface area contributed by atoms with E-state index in [1.165, 1.54) is 0 Å². The number of esters is 1. The molecule has 3 rings (SSSR count). The lowest BCUT2D eigenvalue weighted by molar-refractivity contribution is -0.155. The molecule has 19 heavy (non-hydrogen) atoms. The Labute approximate surface area is 110 Å². The third-order valence-corrected chi connectivity index (χ3v) is 3.64. The first-order valence-electron chi connectivity index (χ1n) is 6.36. The molecule has 5 heteroatoms. The van der Waals surface area contributed by atoms with E-state index in [9.17, 15) is 9.18 Å². The van der Waals surface area contributed by atoms with Crippen molar-refractivity contribution < 1.29 is 13.9 Å². The van der Waals surface area contributed by atoms with Crippen LogP contribution in [0.4, 0.5) is 4.39 Å². The topological polar surface area (TPSA) is 44.1 Å². The summed E-state index contributed by atoms with van der Waals surface area (Å²) >= 11 is 0. The summed E-state index contributed by atoms with van der Waals surface area (Å²) in [5, 5.41) is 0. The second-order valence-electron chi connectivity index (χ2n) is 4.95. The van der Waals surface area contributed by atoms with Crippen molar-refractivity contribution in [3.8, 4) is 0 Å². The van der Waals surface area contributed by atoms with Crippen LogP contribution < -0.4 is 0 Å². The zero-order valence-electron chi connectivity index (χ0n) is 10.7. The van der Waals surface area contributed by atoms with E-state index in [-0.39, 0.29) is 18.5 Å². The molecule has 100 valence electrons. The van der Waals surface area contributed by atoms with Gasteiger partial charge in [-0.3, -0.25) is 4.79 Å². The maximum atomic E-state index is 12.7. The smallest absolute Gasteiger partial charge is 0.309 e. The Bertz CT molecular complexity index is 617. The van der Waals surface area contributed by atoms with Gasteiger partial charge in [-0.1, -0.05) is 12.1 Å². The van der Waals surface area contributed by atoms with Crippen LogP contribution >= 0.6 is 0 Å². The molecule has 2 aromatic rings. The number of hydrogen-bond acceptors (Lipinski definition) is 3. The van der Waals surface area contributed by atoms with Crippen LogP contribution in [0.25, 0.3) is 11.0 Å². The van der Waals surface area contributed by atoms with Gasteiger partial charge in [0, 0.05) is 7.05 Å². The summed E-state index contributed by atoms with van der Waals surface area (Å²) in [6.07, 6.45) is -0.253. The highest BCUT2D eigenvalue weighted by atomic mass is 19.1. The van der Waals surface area contributed by atoms with Crippen molar-refractivity contribution in [1.82, 2.24) is 9.55 Å². The van der Waals surface area contributed by atoms with E-state index in [0.29, 0.717) is 18.7 Å². The number of imidazole rings is 1. The molecule has 0 unspecified atom stereocenters. The second kappa shape index (κ2) is 4.64. The lowest BCUT2D eigenvalue weighted by atomic mass is 9.84. The van der Waals surface area contributed by atoms with E-state index in [4.69, 9.17) is 4.74 Å². The number of para-hydroxylation sites is 2. The molecule has 0 aliphatic heterocycles. The van der Waals surface area contributed by atoms with E-state index in [1.54, 1.807) is 0 Å². The van der Waals surface area contributed by atoms with E-state index in [1.807, 2.05) is 35.9 Å². The highest BCUT2D eigenvalue weighted by Crippen LogP contribution is 2.31. The number of aromatic nitrogens is 2. The number of halogens is 1. The summed E-state index contributed by atoms with van der Waals surface area (Å²) in [6.45, 7) is 0.136. The zero-order chi connectivity index (χ0) is 13.4. The first-order valence-corrected chi connectivity index (χ1v) is 6.36. The Morgan fingerprint density at radius 1 is 1.47 bits per heavy atom. The second-order valence-corrected chi connectivity index (χ2v) is 4.95. The van der Waals surface area contributed by atoms with Crippen molar-refractivity contribution >= 4 is 17.0 Å². The van der Waals surface area contributed by atoms with E-state index >= 15 is 0 Å². The number of carbonyl (C=O) groups is 1. The number of carbonyl (C=O) groups excluding carboxylic acids is 1. The van der Waals surface area contributed by atoms with Crippen LogP contribution in [0.3, 0.4) is 0 Å². The number of fused-ring (bicyclic) bond motifs is 1. The van der Waals surface area contributed by atoms with Gasteiger partial charge in [0.05, 0.1) is 17.0 Å². The lowest BCUT2D eigenvalue weighted by Crippen LogP contribution is -2.33. The largest absolute Gasteiger partial charge is 0.457 e. The van der Waals surface area contributed by atoms with Crippen LogP contribution in [-0.4, -0.2) is 21.7 Å². The number of benzene rings is 1. The molecule has 1 heterocycles. The minimum Gasteiger partial charge on any atom is -0.457 e. The van der Waals surface area contributed by atoms with Gasteiger partial charge in [-0.25, -0.2) is 9.37 Å². The summed E-state index contributed by atoms with van der Waals surface area (Å²) in [5.74, 6) is 0.108. The van der Waals surface area contributed by atoms with Crippen LogP contribution in [0, 0.1) is 5.92 Å². The van der Waals surface area contributed by atoms with Crippen LogP contribution in [0.15, 0.2) is 24.3 Å². The molecule has 0 N–H and O–H groups in total. The van der Waals surface area contributed by atoms with Gasteiger partial charge in [0.2, 0.25) is 0 Å². The Morgan fingerprint density at radius 3 is 2.89 bits per heavy atom. The number of nitrogens with zero attached hydrogens (tertiary/aromatic N) is 2. The van der Waals surface area contributed by atoms with E-state index in [0.717, 1.165) is 11.0 Å². The van der Waals surface area contributed by atoms with Gasteiger partial charge >= 0.3 is 5.97 Å². The van der Waals surface area contributed by atoms with Gasteiger partial charge in [-0.2, -0.15) is 0 Å². The normalized spacial score (nSPS) is 22.2. The molecule has 1 fully saturated rings. The van der Waals surface area contributed by atoms with Crippen molar-refractivity contribution in [2.45, 2.75) is 25.6 Å². The molecule has 1 saturated carbocycles. The highest BCUT2D eigenvalue weighted by molar-refractivity contribution is 5.76. The molecule has 1 aliphatic carbocycles. The maximum Gasteiger partial charge on any atom is 0.309 e. The molecule has 1 aromatic carbocycles. The Kier molecular flexibility index (Phi) is 2.97. The van der Waals surface area contributed by atoms with Crippen LogP contribution in [0.2, 0.25) is 0 Å². The summed E-state index contributed by atoms with van der Waals surface area (Å²) in [5.41, 5.74) is 1.88. The minimum absolute atomic E-state index is 0.136. The Morgan fingerprint density at radius 2 is 2.21 bits per heavy atom. The van der Waals surface area contributed by atoms with Crippen molar-refractivity contribution in [3.05, 3.63) is 30.1 Å². The van der Waals surface area contributed by atoms with Gasteiger partial charge < -0.3 is 9.30 Å². The number of hydrogen-bond donors (Lipinski definition) is 0. The molecule has 0 amide bonds. The predicted octanol–water partition coefficient (Wildman–Crippen LogP) is 2.36. The van der Waals surface area contributed by atoms with Crippen molar-refractivity contribution in [3.63, 3.8) is 0 Å². The van der Waals surface area contributed by atoms with Crippen molar-refractivity contribution in [2.75, 3.05) is 0 Å². The fraction of sp³-hybridized carbons (Fsp3) is 0.429. The summed E-state index contributed by atoms with van der Waals surface area (Å²) in [7, 11) is 1.89. The summed E-state index contributed by atoms with van der Waals surface area (Å²) < 4.78 is 19.8. The number of rotatable bonds is 3. The fourth-order valence-electron chi connectivity index (χ4n) is 2.32. The van der Waals surface area contributed by atoms with Crippen LogP contribution in [0.5, 0.6) is 0 Å². The third kappa shape index (κ3) is 2.20. The maximum absolute atomic E-state index is 12.7. The lowest BCUT2D eigenvalue weighted by Gasteiger charge is -2.27. The van der Waals surface area contributed by atoms with Crippen LogP contribution in [-0.2, 0) is 23.2 Å². The number of ether oxygens (including phenoxy) is 1. The summed E-state index contributed by atoms with van der Waals surface area (Å²) in [6, 6.07) is 7.74. The predicted molar refractivity (Wildman–Crippen MR) is 68.1 cm³/mol. The molecule has 0 radical (unpaired) electrons. The quantitative estimate of drug-likeness (QED) is 0.798. The first-order chi connectivity index (χ1) is 9.15. The van der Waals surface area contributed by atoms with Gasteiger partial charge in [0.1, 0.15) is 18.6 Å². The highest BCUT2D eigenvalue weighted by Gasteiger charge is 2.35. The summed E-state index contributed by atoms with van der Waals surface area (Å²) in [4.78, 5) is 16.1. The fourth-order valence-corrected chi connectivity index (χ4v) is 2.32. The zero-order valence-corrected chi connectivity index (χ0v) is 10.7. The van der Waals surface area contributed by atoms with Gasteiger partial charge in [-0.05, 0) is 25.0 Å². The molecule has 0 atom stereocenters. The van der Waals surface area contributed by atoms with Gasteiger partial charge in [0.25, 0.3) is 0 Å². The Balaban J connectivity index is 1.68. The molecular weight excluding hydrogens is 247 g/mol. The standard InChI is InChI=1S/C14H15FN2O2/c1-17-12-5-3-2-4-11(12)16-13(17)8-19-14(18)9-6-10(15)7-9/h2-5,9-10H,6-8H2,1H3. The molecule has 0 saturated heterocycles. The van der Waals surface area contributed by atoms with Crippen molar-refractivity contribution in [2.24, 2.45) is 13.0 Å². The van der Waals surface area contributed by atoms with Gasteiger partial charge in [-0.15, -0.1) is 0 Å². The SMILES string of the molecule is Cn1c(COC(=O)C2CC(F)C2)nc2ccccc21. The number of alkyl halides is 1. The first kappa shape index (κ1) is 12.1. The Hall–Kier alpha value is -1.91. The average Bonchev–Trinajstić information content (AvgIpc) is 2.70. The van der Waals surface area contributed by atoms with Crippen molar-refractivity contribution in [1.29, 1.82) is 0 Å². The molecular formula is C14H15FN2O2. The molecule has 0 bridgehead atoms. The molecule has 0 spiro atoms. The number of aryl methyl sites for hydroxylation is 1. The average molecular weight is 262 g/mol. The third-order valence-electron chi connectivity index (χ3n) is 3.64. The van der Waals surface area contributed by atoms with E-state index < -0.39 is 6.17 Å². The molecule has 4 nitrogen and oxygen atoms in total. The molecule has 1 aliphatic rings. The van der Waals surface area contributed by atoms with Crippen LogP contribution in [0.1, 0.15) is 18.7 Å². The van der Waals surface area contributed by atoms with E-state index in [2.05, 4.69) is 4.98 Å².